The van der Waals surface area contributed by atoms with E-state index in [-0.39, 0.29) is 5.25 Å². The van der Waals surface area contributed by atoms with Crippen LogP contribution in [0.3, 0.4) is 0 Å². The van der Waals surface area contributed by atoms with E-state index < -0.39 is 0 Å². The van der Waals surface area contributed by atoms with E-state index in [4.69, 9.17) is 16.0 Å². The number of halogens is 1. The summed E-state index contributed by atoms with van der Waals surface area (Å²) >= 11 is 7.64. The van der Waals surface area contributed by atoms with E-state index in [0.29, 0.717) is 22.7 Å². The summed E-state index contributed by atoms with van der Waals surface area (Å²) in [7, 11) is 0. The summed E-state index contributed by atoms with van der Waals surface area (Å²) in [5.41, 5.74) is 1.81. The van der Waals surface area contributed by atoms with Crippen LogP contribution in [0.15, 0.2) is 58.4 Å². The first-order chi connectivity index (χ1) is 14.7. The maximum absolute atomic E-state index is 6.07. The highest BCUT2D eigenvalue weighted by molar-refractivity contribution is 7.99. The van der Waals surface area contributed by atoms with Crippen LogP contribution in [-0.4, -0.2) is 29.9 Å². The quantitative estimate of drug-likeness (QED) is 0.361. The molecule has 1 unspecified atom stereocenters. The Morgan fingerprint density at radius 2 is 1.93 bits per heavy atom. The van der Waals surface area contributed by atoms with Crippen LogP contribution in [0.5, 0.6) is 0 Å². The van der Waals surface area contributed by atoms with Crippen molar-refractivity contribution in [3.8, 4) is 22.8 Å². The fourth-order valence-electron chi connectivity index (χ4n) is 3.16. The lowest BCUT2D eigenvalue weighted by Crippen LogP contribution is -2.05. The van der Waals surface area contributed by atoms with Crippen molar-refractivity contribution in [1.29, 1.82) is 0 Å². The van der Waals surface area contributed by atoms with E-state index in [2.05, 4.69) is 29.9 Å². The molecule has 1 fully saturated rings. The molecule has 1 aromatic carbocycles. The van der Waals surface area contributed by atoms with Gasteiger partial charge in [0.1, 0.15) is 0 Å². The molecule has 1 aliphatic carbocycles. The molecule has 5 rings (SSSR count). The molecule has 0 spiro atoms. The van der Waals surface area contributed by atoms with Crippen molar-refractivity contribution in [2.75, 3.05) is 0 Å². The van der Waals surface area contributed by atoms with E-state index >= 15 is 0 Å². The van der Waals surface area contributed by atoms with Crippen molar-refractivity contribution in [3.63, 3.8) is 0 Å². The third kappa shape index (κ3) is 4.11. The van der Waals surface area contributed by atoms with Gasteiger partial charge in [0.05, 0.1) is 5.25 Å². The molecule has 30 heavy (non-hydrogen) atoms. The number of aromatic nitrogens is 6. The molecule has 1 aliphatic rings. The van der Waals surface area contributed by atoms with Gasteiger partial charge in [-0.25, -0.2) is 0 Å². The average Bonchev–Trinajstić information content (AvgIpc) is 3.29. The summed E-state index contributed by atoms with van der Waals surface area (Å²) in [6, 6.07) is 11.3. The highest BCUT2D eigenvalue weighted by Gasteiger charge is 2.27. The summed E-state index contributed by atoms with van der Waals surface area (Å²) in [5, 5.41) is 18.8. The Bertz CT molecular complexity index is 1160. The van der Waals surface area contributed by atoms with Crippen LogP contribution in [0.25, 0.3) is 22.8 Å². The van der Waals surface area contributed by atoms with Crippen molar-refractivity contribution in [3.05, 3.63) is 59.7 Å². The van der Waals surface area contributed by atoms with Crippen LogP contribution >= 0.6 is 23.4 Å². The molecule has 0 bridgehead atoms. The molecule has 152 valence electrons. The molecule has 3 aromatic heterocycles. The van der Waals surface area contributed by atoms with Gasteiger partial charge in [-0.3, -0.25) is 4.98 Å². The Morgan fingerprint density at radius 3 is 2.70 bits per heavy atom. The van der Waals surface area contributed by atoms with E-state index in [9.17, 15) is 0 Å². The maximum atomic E-state index is 6.07. The number of thioether (sulfide) groups is 1. The molecule has 1 atom stereocenters. The molecule has 4 aromatic rings. The third-order valence-corrected chi connectivity index (χ3v) is 6.24. The molecular weight excluding hydrogens is 420 g/mol. The predicted molar refractivity (Wildman–Crippen MR) is 115 cm³/mol. The average molecular weight is 439 g/mol. The lowest BCUT2D eigenvalue weighted by atomic mass is 10.2. The zero-order chi connectivity index (χ0) is 20.5. The smallest absolute Gasteiger partial charge is 0.247 e. The minimum Gasteiger partial charge on any atom is -0.419 e. The van der Waals surface area contributed by atoms with Gasteiger partial charge in [-0.2, -0.15) is 0 Å². The summed E-state index contributed by atoms with van der Waals surface area (Å²) in [5.74, 6) is 2.55. The lowest BCUT2D eigenvalue weighted by Gasteiger charge is -2.11. The Morgan fingerprint density at radius 1 is 1.10 bits per heavy atom. The maximum Gasteiger partial charge on any atom is 0.247 e. The second-order valence-corrected chi connectivity index (χ2v) is 9.06. The molecule has 0 amide bonds. The van der Waals surface area contributed by atoms with Gasteiger partial charge in [-0.15, -0.1) is 20.4 Å². The largest absolute Gasteiger partial charge is 0.419 e. The first-order valence-electron chi connectivity index (χ1n) is 9.77. The van der Waals surface area contributed by atoms with Crippen molar-refractivity contribution in [2.45, 2.75) is 36.7 Å². The fourth-order valence-corrected chi connectivity index (χ4v) is 4.24. The topological polar surface area (TPSA) is 82.5 Å². The summed E-state index contributed by atoms with van der Waals surface area (Å²) in [4.78, 5) is 4.10. The lowest BCUT2D eigenvalue weighted by molar-refractivity contribution is 0.508. The molecule has 7 nitrogen and oxygen atoms in total. The number of hydrogen-bond donors (Lipinski definition) is 0. The van der Waals surface area contributed by atoms with Crippen molar-refractivity contribution in [1.82, 2.24) is 29.9 Å². The Balaban J connectivity index is 1.40. The fraction of sp³-hybridized carbons (Fsp3) is 0.286. The zero-order valence-corrected chi connectivity index (χ0v) is 17.8. The Kier molecular flexibility index (Phi) is 5.26. The Labute approximate surface area is 182 Å². The molecule has 0 N–H and O–H groups in total. The zero-order valence-electron chi connectivity index (χ0n) is 16.3. The van der Waals surface area contributed by atoms with Crippen LogP contribution in [0, 0.1) is 5.92 Å². The number of benzene rings is 1. The third-order valence-electron chi connectivity index (χ3n) is 4.94. The minimum absolute atomic E-state index is 0.0714. The van der Waals surface area contributed by atoms with Crippen LogP contribution in [0.4, 0.5) is 0 Å². The SMILES string of the molecule is CC(Sc1nnc(-c2ccncc2)n1CC1CC1)c1nnc(-c2cccc(Cl)c2)o1. The standard InChI is InChI=1S/C21H19ClN6OS/c1-13(19-25-26-20(29-19)16-3-2-4-17(22)11-16)30-21-27-24-18(15-7-9-23-10-8-15)28(21)12-14-5-6-14/h2-4,7-11,13-14H,5-6,12H2,1H3. The Hall–Kier alpha value is -2.71. The van der Waals surface area contributed by atoms with E-state index in [1.807, 2.05) is 43.3 Å². The first-order valence-corrected chi connectivity index (χ1v) is 11.0. The normalized spacial score (nSPS) is 14.7. The van der Waals surface area contributed by atoms with Gasteiger partial charge in [0, 0.05) is 35.1 Å². The highest BCUT2D eigenvalue weighted by Crippen LogP contribution is 2.38. The predicted octanol–water partition coefficient (Wildman–Crippen LogP) is 5.31. The monoisotopic (exact) mass is 438 g/mol. The molecule has 0 radical (unpaired) electrons. The molecule has 1 saturated carbocycles. The molecule has 3 heterocycles. The highest BCUT2D eigenvalue weighted by atomic mass is 35.5. The summed E-state index contributed by atoms with van der Waals surface area (Å²) < 4.78 is 8.11. The second-order valence-electron chi connectivity index (χ2n) is 7.31. The van der Waals surface area contributed by atoms with Gasteiger partial charge >= 0.3 is 0 Å². The van der Waals surface area contributed by atoms with Gasteiger partial charge < -0.3 is 8.98 Å². The van der Waals surface area contributed by atoms with Crippen LogP contribution in [-0.2, 0) is 6.54 Å². The number of rotatable bonds is 7. The van der Waals surface area contributed by atoms with E-state index in [1.165, 1.54) is 12.8 Å². The molecule has 0 saturated heterocycles. The van der Waals surface area contributed by atoms with Gasteiger partial charge in [0.2, 0.25) is 11.8 Å². The second kappa shape index (κ2) is 8.20. The van der Waals surface area contributed by atoms with Gasteiger partial charge in [0.25, 0.3) is 0 Å². The van der Waals surface area contributed by atoms with Crippen molar-refractivity contribution < 1.29 is 4.42 Å². The number of pyridine rings is 1. The summed E-state index contributed by atoms with van der Waals surface area (Å²) in [6.07, 6.45) is 6.05. The number of hydrogen-bond acceptors (Lipinski definition) is 7. The van der Waals surface area contributed by atoms with Gasteiger partial charge in [-0.05, 0) is 56.0 Å². The molecule has 9 heteroatoms. The van der Waals surface area contributed by atoms with Gasteiger partial charge in [-0.1, -0.05) is 29.4 Å². The molecular formula is C21H19ClN6OS. The van der Waals surface area contributed by atoms with Crippen LogP contribution in [0.1, 0.15) is 30.9 Å². The van der Waals surface area contributed by atoms with E-state index in [0.717, 1.165) is 28.7 Å². The first kappa shape index (κ1) is 19.3. The van der Waals surface area contributed by atoms with Crippen LogP contribution < -0.4 is 0 Å². The van der Waals surface area contributed by atoms with E-state index in [1.54, 1.807) is 24.2 Å². The van der Waals surface area contributed by atoms with Gasteiger partial charge in [0.15, 0.2) is 11.0 Å². The van der Waals surface area contributed by atoms with Crippen molar-refractivity contribution in [2.24, 2.45) is 5.92 Å². The minimum atomic E-state index is -0.0714. The molecule has 0 aliphatic heterocycles. The summed E-state index contributed by atoms with van der Waals surface area (Å²) in [6.45, 7) is 2.94. The van der Waals surface area contributed by atoms with Crippen molar-refractivity contribution >= 4 is 23.4 Å². The number of nitrogens with zero attached hydrogens (tertiary/aromatic N) is 6. The van der Waals surface area contributed by atoms with Crippen LogP contribution in [0.2, 0.25) is 5.02 Å².